The highest BCUT2D eigenvalue weighted by Crippen LogP contribution is 2.24. The third kappa shape index (κ3) is 2.82. The zero-order valence-corrected chi connectivity index (χ0v) is 11.4. The molecule has 1 amide bonds. The van der Waals surface area contributed by atoms with Gasteiger partial charge in [-0.1, -0.05) is 6.07 Å². The van der Waals surface area contributed by atoms with Crippen molar-refractivity contribution in [2.24, 2.45) is 0 Å². The van der Waals surface area contributed by atoms with Gasteiger partial charge in [-0.05, 0) is 29.6 Å². The van der Waals surface area contributed by atoms with Gasteiger partial charge in [-0.2, -0.15) is 5.10 Å². The van der Waals surface area contributed by atoms with Gasteiger partial charge in [0.1, 0.15) is 11.6 Å². The number of aromatic amines is 1. The first-order valence-electron chi connectivity index (χ1n) is 5.99. The number of hydrogen-bond donors (Lipinski definition) is 2. The minimum Gasteiger partial charge on any atom is -0.305 e. The minimum atomic E-state index is -0.789. The van der Waals surface area contributed by atoms with Crippen LogP contribution in [0, 0.1) is 11.6 Å². The number of anilines is 1. The number of hydrogen-bond acceptors (Lipinski definition) is 3. The molecule has 2 N–H and O–H groups in total. The summed E-state index contributed by atoms with van der Waals surface area (Å²) in [4.78, 5) is 12.9. The first-order valence-corrected chi connectivity index (χ1v) is 6.87. The lowest BCUT2D eigenvalue weighted by molar-refractivity contribution is 0.102. The van der Waals surface area contributed by atoms with Gasteiger partial charge in [0.15, 0.2) is 5.82 Å². The number of carbonyl (C=O) groups is 1. The predicted octanol–water partition coefficient (Wildman–Crippen LogP) is 3.67. The summed E-state index contributed by atoms with van der Waals surface area (Å²) in [5.41, 5.74) is 0.371. The number of nitrogens with zero attached hydrogens (tertiary/aromatic N) is 1. The summed E-state index contributed by atoms with van der Waals surface area (Å²) >= 11 is 1.52. The molecule has 0 aliphatic rings. The molecule has 2 heterocycles. The van der Waals surface area contributed by atoms with Crippen LogP contribution in [0.15, 0.2) is 41.8 Å². The first-order chi connectivity index (χ1) is 10.1. The van der Waals surface area contributed by atoms with Crippen molar-refractivity contribution in [2.75, 3.05) is 5.32 Å². The highest BCUT2D eigenvalue weighted by Gasteiger charge is 2.14. The number of benzene rings is 1. The second-order valence-corrected chi connectivity index (χ2v) is 5.17. The van der Waals surface area contributed by atoms with Gasteiger partial charge in [-0.25, -0.2) is 8.78 Å². The lowest BCUT2D eigenvalue weighted by Crippen LogP contribution is -2.14. The molecule has 2 aromatic heterocycles. The van der Waals surface area contributed by atoms with Crippen LogP contribution in [0.5, 0.6) is 0 Å². The maximum atomic E-state index is 13.5. The monoisotopic (exact) mass is 305 g/mol. The number of H-pyrrole nitrogens is 1. The average molecular weight is 305 g/mol. The average Bonchev–Trinajstić information content (AvgIpc) is 3.11. The Hall–Kier alpha value is -2.54. The quantitative estimate of drug-likeness (QED) is 0.775. The van der Waals surface area contributed by atoms with E-state index in [1.54, 1.807) is 6.07 Å². The highest BCUT2D eigenvalue weighted by atomic mass is 32.1. The maximum absolute atomic E-state index is 13.5. The number of carbonyl (C=O) groups excluding carboxylic acids is 1. The van der Waals surface area contributed by atoms with Gasteiger partial charge in [-0.3, -0.25) is 9.89 Å². The van der Waals surface area contributed by atoms with Crippen molar-refractivity contribution in [1.29, 1.82) is 0 Å². The molecule has 3 rings (SSSR count). The van der Waals surface area contributed by atoms with Crippen LogP contribution in [0.4, 0.5) is 14.6 Å². The van der Waals surface area contributed by atoms with E-state index in [-0.39, 0.29) is 11.4 Å². The van der Waals surface area contributed by atoms with E-state index in [1.165, 1.54) is 11.3 Å². The number of halogens is 2. The van der Waals surface area contributed by atoms with Gasteiger partial charge in [0.05, 0.1) is 16.1 Å². The van der Waals surface area contributed by atoms with Crippen LogP contribution in [0.1, 0.15) is 10.4 Å². The van der Waals surface area contributed by atoms with E-state index in [0.717, 1.165) is 28.8 Å². The third-order valence-electron chi connectivity index (χ3n) is 2.78. The minimum absolute atomic E-state index is 0.243. The molecule has 0 fully saturated rings. The SMILES string of the molecule is O=C(Nc1cc(-c2cccs2)[nH]n1)c1cc(F)ccc1F. The lowest BCUT2D eigenvalue weighted by Gasteiger charge is -2.03. The van der Waals surface area contributed by atoms with E-state index in [2.05, 4.69) is 15.5 Å². The van der Waals surface area contributed by atoms with Gasteiger partial charge >= 0.3 is 0 Å². The molecule has 7 heteroatoms. The van der Waals surface area contributed by atoms with Crippen molar-refractivity contribution in [3.05, 3.63) is 59.0 Å². The zero-order valence-electron chi connectivity index (χ0n) is 10.6. The third-order valence-corrected chi connectivity index (χ3v) is 3.68. The van der Waals surface area contributed by atoms with Gasteiger partial charge < -0.3 is 5.32 Å². The lowest BCUT2D eigenvalue weighted by atomic mass is 10.2. The predicted molar refractivity (Wildman–Crippen MR) is 76.2 cm³/mol. The molecule has 106 valence electrons. The van der Waals surface area contributed by atoms with Crippen molar-refractivity contribution in [1.82, 2.24) is 10.2 Å². The molecule has 4 nitrogen and oxygen atoms in total. The second kappa shape index (κ2) is 5.45. The molecule has 1 aromatic carbocycles. The van der Waals surface area contributed by atoms with Crippen LogP contribution in [-0.4, -0.2) is 16.1 Å². The normalized spacial score (nSPS) is 10.6. The summed E-state index contributed by atoms with van der Waals surface area (Å²) in [6, 6.07) is 8.12. The van der Waals surface area contributed by atoms with Crippen molar-refractivity contribution >= 4 is 23.1 Å². The molecule has 3 aromatic rings. The molecule has 0 bridgehead atoms. The van der Waals surface area contributed by atoms with Gasteiger partial charge in [0.25, 0.3) is 5.91 Å². The Morgan fingerprint density at radius 2 is 2.10 bits per heavy atom. The van der Waals surface area contributed by atoms with Gasteiger partial charge in [0.2, 0.25) is 0 Å². The number of thiophene rings is 1. The molecule has 0 atom stereocenters. The van der Waals surface area contributed by atoms with Crippen molar-refractivity contribution < 1.29 is 13.6 Å². The van der Waals surface area contributed by atoms with E-state index in [0.29, 0.717) is 0 Å². The fraction of sp³-hybridized carbons (Fsp3) is 0. The number of aromatic nitrogens is 2. The molecule has 0 radical (unpaired) electrons. The van der Waals surface area contributed by atoms with Crippen LogP contribution in [0.2, 0.25) is 0 Å². The summed E-state index contributed by atoms with van der Waals surface area (Å²) in [5.74, 6) is -1.98. The molecular weight excluding hydrogens is 296 g/mol. The Morgan fingerprint density at radius 3 is 2.86 bits per heavy atom. The zero-order chi connectivity index (χ0) is 14.8. The standard InChI is InChI=1S/C14H9F2N3OS/c15-8-3-4-10(16)9(6-8)14(20)17-13-7-11(18-19-13)12-2-1-5-21-12/h1-7H,(H2,17,18,19,20). The van der Waals surface area contributed by atoms with Crippen LogP contribution in [-0.2, 0) is 0 Å². The number of amides is 1. The van der Waals surface area contributed by atoms with Crippen LogP contribution >= 0.6 is 11.3 Å². The van der Waals surface area contributed by atoms with Crippen molar-refractivity contribution in [3.8, 4) is 10.6 Å². The summed E-state index contributed by atoms with van der Waals surface area (Å²) in [7, 11) is 0. The molecule has 0 spiro atoms. The second-order valence-electron chi connectivity index (χ2n) is 4.22. The molecule has 0 aliphatic heterocycles. The van der Waals surface area contributed by atoms with E-state index in [9.17, 15) is 13.6 Å². The van der Waals surface area contributed by atoms with E-state index < -0.39 is 17.5 Å². The summed E-state index contributed by atoms with van der Waals surface area (Å²) in [6.07, 6.45) is 0. The Morgan fingerprint density at radius 1 is 1.24 bits per heavy atom. The number of nitrogens with one attached hydrogen (secondary N) is 2. The summed E-state index contributed by atoms with van der Waals surface area (Å²) < 4.78 is 26.6. The molecule has 0 saturated heterocycles. The summed E-state index contributed by atoms with van der Waals surface area (Å²) in [6.45, 7) is 0. The molecule has 0 unspecified atom stereocenters. The van der Waals surface area contributed by atoms with Crippen molar-refractivity contribution in [3.63, 3.8) is 0 Å². The van der Waals surface area contributed by atoms with E-state index >= 15 is 0 Å². The smallest absolute Gasteiger partial charge is 0.259 e. The Balaban J connectivity index is 1.80. The largest absolute Gasteiger partial charge is 0.305 e. The molecule has 0 saturated carbocycles. The van der Waals surface area contributed by atoms with Crippen LogP contribution in [0.3, 0.4) is 0 Å². The maximum Gasteiger partial charge on any atom is 0.259 e. The Labute approximate surface area is 122 Å². The summed E-state index contributed by atoms with van der Waals surface area (Å²) in [5, 5.41) is 11.0. The van der Waals surface area contributed by atoms with E-state index in [4.69, 9.17) is 0 Å². The molecule has 21 heavy (non-hydrogen) atoms. The number of rotatable bonds is 3. The van der Waals surface area contributed by atoms with Crippen LogP contribution < -0.4 is 5.32 Å². The highest BCUT2D eigenvalue weighted by molar-refractivity contribution is 7.13. The fourth-order valence-corrected chi connectivity index (χ4v) is 2.49. The molecule has 0 aliphatic carbocycles. The Bertz CT molecular complexity index is 783. The van der Waals surface area contributed by atoms with Gasteiger partial charge in [-0.15, -0.1) is 11.3 Å². The molecular formula is C14H9F2N3OS. The topological polar surface area (TPSA) is 57.8 Å². The van der Waals surface area contributed by atoms with Crippen molar-refractivity contribution in [2.45, 2.75) is 0 Å². The van der Waals surface area contributed by atoms with Gasteiger partial charge in [0, 0.05) is 6.07 Å². The van der Waals surface area contributed by atoms with Crippen LogP contribution in [0.25, 0.3) is 10.6 Å². The van der Waals surface area contributed by atoms with E-state index in [1.807, 2.05) is 17.5 Å². The fourth-order valence-electron chi connectivity index (χ4n) is 1.80. The first kappa shape index (κ1) is 13.4. The Kier molecular flexibility index (Phi) is 3.49.